The first-order chi connectivity index (χ1) is 17.1. The van der Waals surface area contributed by atoms with Crippen LogP contribution in [0.3, 0.4) is 0 Å². The normalized spacial score (nSPS) is 20.7. The van der Waals surface area contributed by atoms with Gasteiger partial charge in [-0.2, -0.15) is 0 Å². The van der Waals surface area contributed by atoms with Crippen molar-refractivity contribution in [2.75, 3.05) is 39.4 Å². The molecule has 3 aromatic carbocycles. The molecule has 2 aliphatic rings. The second kappa shape index (κ2) is 10.1. The van der Waals surface area contributed by atoms with Gasteiger partial charge < -0.3 is 23.8 Å². The summed E-state index contributed by atoms with van der Waals surface area (Å²) in [5, 5.41) is 0. The van der Waals surface area contributed by atoms with E-state index in [0.717, 1.165) is 41.8 Å². The van der Waals surface area contributed by atoms with Crippen LogP contribution in [0.4, 0.5) is 5.69 Å². The summed E-state index contributed by atoms with van der Waals surface area (Å²) in [7, 11) is 5.06. The van der Waals surface area contributed by atoms with Crippen LogP contribution in [0.1, 0.15) is 35.7 Å². The Hall–Kier alpha value is -3.42. The fourth-order valence-electron chi connectivity index (χ4n) is 5.23. The van der Waals surface area contributed by atoms with Gasteiger partial charge in [-0.25, -0.2) is 10.9 Å². The van der Waals surface area contributed by atoms with Gasteiger partial charge in [0, 0.05) is 30.8 Å². The first-order valence-corrected chi connectivity index (χ1v) is 12.0. The van der Waals surface area contributed by atoms with Crippen LogP contribution in [0.5, 0.6) is 23.0 Å². The second-order valence-electron chi connectivity index (χ2n) is 8.90. The molecule has 5 rings (SSSR count). The van der Waals surface area contributed by atoms with Gasteiger partial charge in [0.15, 0.2) is 11.5 Å². The third-order valence-corrected chi connectivity index (χ3v) is 6.97. The Morgan fingerprint density at radius 2 is 1.46 bits per heavy atom. The van der Waals surface area contributed by atoms with E-state index < -0.39 is 0 Å². The molecule has 0 spiro atoms. The van der Waals surface area contributed by atoms with E-state index in [1.165, 1.54) is 16.7 Å². The molecule has 0 aromatic heterocycles. The van der Waals surface area contributed by atoms with E-state index in [1.54, 1.807) is 21.3 Å². The number of hydrogen-bond donors (Lipinski definition) is 2. The van der Waals surface area contributed by atoms with Crippen molar-refractivity contribution in [1.82, 2.24) is 10.9 Å². The Kier molecular flexibility index (Phi) is 6.70. The van der Waals surface area contributed by atoms with Crippen molar-refractivity contribution in [2.45, 2.75) is 25.6 Å². The van der Waals surface area contributed by atoms with E-state index in [1.807, 2.05) is 31.2 Å². The standard InChI is InChI=1S/C28H33N3O4/c1-5-35-21-12-8-19(9-13-21)27-23-17-31(16-18-6-10-20(32-2)11-7-18)24-15-26(34-4)25(33-3)14-22(24)28(23)30-29-27/h6-15,23,27-30H,5,16-17H2,1-4H3. The highest BCUT2D eigenvalue weighted by Crippen LogP contribution is 2.49. The van der Waals surface area contributed by atoms with Gasteiger partial charge in [0.05, 0.1) is 40.0 Å². The van der Waals surface area contributed by atoms with Gasteiger partial charge in [-0.05, 0) is 53.9 Å². The molecule has 3 atom stereocenters. The average molecular weight is 476 g/mol. The first-order valence-electron chi connectivity index (χ1n) is 12.0. The number of nitrogens with zero attached hydrogens (tertiary/aromatic N) is 1. The number of nitrogens with one attached hydrogen (secondary N) is 2. The predicted molar refractivity (Wildman–Crippen MR) is 136 cm³/mol. The lowest BCUT2D eigenvalue weighted by Gasteiger charge is -2.39. The minimum atomic E-state index is 0.147. The zero-order valence-corrected chi connectivity index (χ0v) is 20.7. The van der Waals surface area contributed by atoms with Crippen LogP contribution >= 0.6 is 0 Å². The quantitative estimate of drug-likeness (QED) is 0.492. The number of hydrazine groups is 1. The largest absolute Gasteiger partial charge is 0.497 e. The zero-order chi connectivity index (χ0) is 24.4. The number of hydrogen-bond acceptors (Lipinski definition) is 7. The van der Waals surface area contributed by atoms with Crippen LogP contribution in [0, 0.1) is 5.92 Å². The lowest BCUT2D eigenvalue weighted by Crippen LogP contribution is -2.39. The summed E-state index contributed by atoms with van der Waals surface area (Å²) in [5.74, 6) is 3.54. The molecule has 1 saturated heterocycles. The monoisotopic (exact) mass is 475 g/mol. The van der Waals surface area contributed by atoms with E-state index in [2.05, 4.69) is 52.1 Å². The number of ether oxygens (including phenoxy) is 4. The third kappa shape index (κ3) is 4.49. The van der Waals surface area contributed by atoms with Gasteiger partial charge >= 0.3 is 0 Å². The lowest BCUT2D eigenvalue weighted by atomic mass is 9.81. The molecule has 0 bridgehead atoms. The Balaban J connectivity index is 1.50. The van der Waals surface area contributed by atoms with Gasteiger partial charge in [-0.15, -0.1) is 0 Å². The summed E-state index contributed by atoms with van der Waals surface area (Å²) < 4.78 is 22.3. The number of fused-ring (bicyclic) bond motifs is 3. The SMILES string of the molecule is CCOc1ccc(C2NNC3c4cc(OC)c(OC)cc4N(Cc4ccc(OC)cc4)CC23)cc1. The molecule has 3 unspecified atom stereocenters. The van der Waals surface area contributed by atoms with E-state index in [0.29, 0.717) is 12.5 Å². The van der Waals surface area contributed by atoms with E-state index in [-0.39, 0.29) is 12.1 Å². The number of rotatable bonds is 8. The summed E-state index contributed by atoms with van der Waals surface area (Å²) in [5.41, 5.74) is 12.0. The maximum Gasteiger partial charge on any atom is 0.162 e. The maximum absolute atomic E-state index is 5.66. The lowest BCUT2D eigenvalue weighted by molar-refractivity contribution is 0.339. The van der Waals surface area contributed by atoms with Gasteiger partial charge in [0.25, 0.3) is 0 Å². The summed E-state index contributed by atoms with van der Waals surface area (Å²) in [6, 6.07) is 21.2. The Morgan fingerprint density at radius 3 is 2.11 bits per heavy atom. The van der Waals surface area contributed by atoms with Crippen molar-refractivity contribution in [2.24, 2.45) is 5.92 Å². The molecular formula is C28H33N3O4. The summed E-state index contributed by atoms with van der Waals surface area (Å²) in [6.45, 7) is 4.33. The fourth-order valence-corrected chi connectivity index (χ4v) is 5.23. The molecule has 2 heterocycles. The van der Waals surface area contributed by atoms with Crippen LogP contribution in [0.25, 0.3) is 0 Å². The van der Waals surface area contributed by atoms with Gasteiger partial charge in [-0.3, -0.25) is 0 Å². The van der Waals surface area contributed by atoms with Crippen molar-refractivity contribution in [1.29, 1.82) is 0 Å². The minimum absolute atomic E-state index is 0.147. The number of anilines is 1. The predicted octanol–water partition coefficient (Wildman–Crippen LogP) is 4.64. The van der Waals surface area contributed by atoms with Crippen molar-refractivity contribution < 1.29 is 18.9 Å². The highest BCUT2D eigenvalue weighted by Gasteiger charge is 2.43. The average Bonchev–Trinajstić information content (AvgIpc) is 3.33. The number of methoxy groups -OCH3 is 3. The molecule has 2 aliphatic heterocycles. The van der Waals surface area contributed by atoms with E-state index in [4.69, 9.17) is 18.9 Å². The van der Waals surface area contributed by atoms with Crippen molar-refractivity contribution in [3.8, 4) is 23.0 Å². The van der Waals surface area contributed by atoms with Crippen LogP contribution < -0.4 is 34.7 Å². The molecule has 0 saturated carbocycles. The fraction of sp³-hybridized carbons (Fsp3) is 0.357. The molecule has 0 radical (unpaired) electrons. The highest BCUT2D eigenvalue weighted by molar-refractivity contribution is 5.65. The van der Waals surface area contributed by atoms with E-state index in [9.17, 15) is 0 Å². The Bertz CT molecular complexity index is 1150. The van der Waals surface area contributed by atoms with Crippen LogP contribution in [0.15, 0.2) is 60.7 Å². The molecule has 0 amide bonds. The molecule has 35 heavy (non-hydrogen) atoms. The summed E-state index contributed by atoms with van der Waals surface area (Å²) in [4.78, 5) is 2.44. The van der Waals surface area contributed by atoms with Crippen LogP contribution in [0.2, 0.25) is 0 Å². The number of benzene rings is 3. The Labute approximate surface area is 206 Å². The summed E-state index contributed by atoms with van der Waals surface area (Å²) in [6.07, 6.45) is 0. The van der Waals surface area contributed by atoms with Crippen molar-refractivity contribution in [3.05, 3.63) is 77.4 Å². The zero-order valence-electron chi connectivity index (χ0n) is 20.7. The Morgan fingerprint density at radius 1 is 0.800 bits per heavy atom. The van der Waals surface area contributed by atoms with Gasteiger partial charge in [0.1, 0.15) is 11.5 Å². The minimum Gasteiger partial charge on any atom is -0.497 e. The summed E-state index contributed by atoms with van der Waals surface area (Å²) >= 11 is 0. The highest BCUT2D eigenvalue weighted by atomic mass is 16.5. The topological polar surface area (TPSA) is 64.2 Å². The second-order valence-corrected chi connectivity index (χ2v) is 8.90. The first kappa shape index (κ1) is 23.3. The molecular weight excluding hydrogens is 442 g/mol. The molecule has 3 aromatic rings. The molecule has 7 heteroatoms. The van der Waals surface area contributed by atoms with Gasteiger partial charge in [0.2, 0.25) is 0 Å². The molecule has 7 nitrogen and oxygen atoms in total. The third-order valence-electron chi connectivity index (χ3n) is 6.97. The van der Waals surface area contributed by atoms with Crippen LogP contribution in [-0.4, -0.2) is 34.5 Å². The van der Waals surface area contributed by atoms with Gasteiger partial charge in [-0.1, -0.05) is 24.3 Å². The molecule has 184 valence electrons. The molecule has 1 fully saturated rings. The van der Waals surface area contributed by atoms with Crippen molar-refractivity contribution in [3.63, 3.8) is 0 Å². The van der Waals surface area contributed by atoms with Crippen LogP contribution in [-0.2, 0) is 6.54 Å². The van der Waals surface area contributed by atoms with E-state index >= 15 is 0 Å². The molecule has 0 aliphatic carbocycles. The maximum atomic E-state index is 5.66. The smallest absolute Gasteiger partial charge is 0.162 e. The molecule has 2 N–H and O–H groups in total. The van der Waals surface area contributed by atoms with Crippen molar-refractivity contribution >= 4 is 5.69 Å².